The zero-order valence-electron chi connectivity index (χ0n) is 73.0. The van der Waals surface area contributed by atoms with Crippen molar-refractivity contribution < 1.29 is 66.8 Å². The van der Waals surface area contributed by atoms with Gasteiger partial charge in [-0.3, -0.25) is 33.6 Å². The van der Waals surface area contributed by atoms with Crippen molar-refractivity contribution in [1.29, 1.82) is 0 Å². The fourth-order valence-electron chi connectivity index (χ4n) is 15.8. The molecular formula is C95H176N2O14. The van der Waals surface area contributed by atoms with E-state index in [1.54, 1.807) is 0 Å². The van der Waals surface area contributed by atoms with Gasteiger partial charge in [-0.1, -0.05) is 368 Å². The highest BCUT2D eigenvalue weighted by Crippen LogP contribution is 2.36. The maximum Gasteiger partial charge on any atom is 0.330 e. The molecule has 2 N–H and O–H groups in total. The van der Waals surface area contributed by atoms with Crippen LogP contribution in [0.2, 0.25) is 0 Å². The smallest absolute Gasteiger partial charge is 0.330 e. The molecule has 0 aliphatic rings. The molecule has 0 aromatic heterocycles. The summed E-state index contributed by atoms with van der Waals surface area (Å²) >= 11 is 0. The molecule has 0 saturated carbocycles. The molecule has 4 unspecified atom stereocenters. The zero-order valence-corrected chi connectivity index (χ0v) is 73.0. The lowest BCUT2D eigenvalue weighted by Gasteiger charge is -2.28. The SMILES string of the molecule is C=CC(=O)OCCOC(=O)CCCCCOC(=O)CCCCCCCCC(CCCCCCCC)C(CCCCCCCC)CCCCCCCCC(=O)NCCNC(=O)CCCCCCCCC(CCCCCCCC)C(CCCCCCCC)CCCCCCCCC(=O)OCCCCCC(=O)OCCOC(C)=O. The predicted molar refractivity (Wildman–Crippen MR) is 458 cm³/mol. The summed E-state index contributed by atoms with van der Waals surface area (Å²) in [5, 5.41) is 6.12. The second-order valence-corrected chi connectivity index (χ2v) is 32.8. The van der Waals surface area contributed by atoms with Crippen LogP contribution in [0.1, 0.15) is 471 Å². The molecule has 0 aromatic rings. The van der Waals surface area contributed by atoms with E-state index in [0.29, 0.717) is 71.2 Å². The van der Waals surface area contributed by atoms with Gasteiger partial charge >= 0.3 is 35.8 Å². The maximum atomic E-state index is 12.8. The van der Waals surface area contributed by atoms with Crippen LogP contribution in [-0.2, 0) is 66.8 Å². The summed E-state index contributed by atoms with van der Waals surface area (Å²) < 4.78 is 30.7. The van der Waals surface area contributed by atoms with Gasteiger partial charge in [-0.2, -0.15) is 0 Å². The number of unbranched alkanes of at least 4 members (excludes halogenated alkanes) is 44. The van der Waals surface area contributed by atoms with Crippen molar-refractivity contribution in [3.63, 3.8) is 0 Å². The summed E-state index contributed by atoms with van der Waals surface area (Å²) in [6.07, 6.45) is 79.4. The first-order valence-corrected chi connectivity index (χ1v) is 47.4. The Bertz CT molecular complexity index is 2140. The fourth-order valence-corrected chi connectivity index (χ4v) is 15.8. The molecule has 0 heterocycles. The lowest BCUT2D eigenvalue weighted by atomic mass is 9.78. The molecule has 0 aromatic carbocycles. The molecule has 650 valence electrons. The normalized spacial score (nSPS) is 12.4. The van der Waals surface area contributed by atoms with Crippen LogP contribution in [0.3, 0.4) is 0 Å². The van der Waals surface area contributed by atoms with E-state index < -0.39 is 11.9 Å². The van der Waals surface area contributed by atoms with Crippen molar-refractivity contribution in [2.24, 2.45) is 23.7 Å². The highest BCUT2D eigenvalue weighted by atomic mass is 16.6. The molecule has 111 heavy (non-hydrogen) atoms. The number of amides is 2. The lowest BCUT2D eigenvalue weighted by molar-refractivity contribution is -0.151. The van der Waals surface area contributed by atoms with Crippen LogP contribution < -0.4 is 10.6 Å². The first-order chi connectivity index (χ1) is 54.3. The van der Waals surface area contributed by atoms with Gasteiger partial charge in [-0.05, 0) is 87.9 Å². The average molecular weight is 1570 g/mol. The van der Waals surface area contributed by atoms with Gasteiger partial charge in [-0.15, -0.1) is 0 Å². The summed E-state index contributed by atoms with van der Waals surface area (Å²) in [5.41, 5.74) is 0. The Labute approximate surface area is 681 Å². The lowest BCUT2D eigenvalue weighted by Crippen LogP contribution is -2.34. The van der Waals surface area contributed by atoms with Crippen molar-refractivity contribution in [2.75, 3.05) is 52.7 Å². The number of hydrogen-bond donors (Lipinski definition) is 2. The van der Waals surface area contributed by atoms with E-state index in [0.717, 1.165) is 113 Å². The van der Waals surface area contributed by atoms with Gasteiger partial charge in [0.05, 0.1) is 13.2 Å². The third-order valence-electron chi connectivity index (χ3n) is 22.7. The summed E-state index contributed by atoms with van der Waals surface area (Å²) in [5.74, 6) is 1.67. The third kappa shape index (κ3) is 77.8. The summed E-state index contributed by atoms with van der Waals surface area (Å²) in [7, 11) is 0. The fraction of sp³-hybridized carbons (Fsp3) is 0.895. The molecular weight excluding hydrogens is 1390 g/mol. The molecule has 16 nitrogen and oxygen atoms in total. The standard InChI is InChI=1S/C95H176N2O14/c1-7-12-16-20-32-46-62-85(87(64-48-34-22-18-14-9-3)68-52-38-26-30-42-56-72-92(102)107-78-60-44-58-74-94(104)110-81-80-106-84(6)98)66-50-36-24-28-40-54-70-89(99)96-76-77-97-90(100)71-55-41-29-25-37-51-67-86(63-47-33-21-17-13-8-2)88(65-49-35-23-19-15-10-4)69-53-39-27-31-43-57-73-93(103)108-79-61-45-59-75-95(105)111-83-82-109-91(101)11-5/h11,85-88H,5,7-10,12-83H2,1-4,6H3,(H,96,99)(H,97,100). The monoisotopic (exact) mass is 1570 g/mol. The second-order valence-electron chi connectivity index (χ2n) is 32.8. The van der Waals surface area contributed by atoms with E-state index in [-0.39, 0.29) is 68.5 Å². The van der Waals surface area contributed by atoms with Gasteiger partial charge in [0, 0.05) is 64.6 Å². The van der Waals surface area contributed by atoms with Crippen LogP contribution in [0.15, 0.2) is 12.7 Å². The van der Waals surface area contributed by atoms with Crippen molar-refractivity contribution in [3.05, 3.63) is 12.7 Å². The van der Waals surface area contributed by atoms with Crippen molar-refractivity contribution in [1.82, 2.24) is 10.6 Å². The number of nitrogens with one attached hydrogen (secondary N) is 2. The van der Waals surface area contributed by atoms with E-state index in [2.05, 4.69) is 44.9 Å². The molecule has 0 rings (SSSR count). The van der Waals surface area contributed by atoms with Gasteiger partial charge in [0.2, 0.25) is 11.8 Å². The largest absolute Gasteiger partial charge is 0.466 e. The average Bonchev–Trinajstić information content (AvgIpc) is 0.922. The van der Waals surface area contributed by atoms with Gasteiger partial charge < -0.3 is 39.1 Å². The minimum absolute atomic E-state index is 0.0151. The van der Waals surface area contributed by atoms with Crippen molar-refractivity contribution in [2.45, 2.75) is 471 Å². The van der Waals surface area contributed by atoms with Gasteiger partial charge in [0.15, 0.2) is 0 Å². The number of esters is 6. The second kappa shape index (κ2) is 84.9. The molecule has 0 spiro atoms. The Morgan fingerprint density at radius 2 is 0.441 bits per heavy atom. The van der Waals surface area contributed by atoms with E-state index in [1.165, 1.54) is 309 Å². The van der Waals surface area contributed by atoms with Crippen LogP contribution in [0.5, 0.6) is 0 Å². The molecule has 0 fully saturated rings. The summed E-state index contributed by atoms with van der Waals surface area (Å²) in [6.45, 7) is 15.8. The number of ether oxygens (including phenoxy) is 6. The minimum atomic E-state index is -0.541. The Kier molecular flexibility index (Phi) is 81.4. The number of carbonyl (C=O) groups excluding carboxylic acids is 8. The Morgan fingerprint density at radius 1 is 0.243 bits per heavy atom. The first-order valence-electron chi connectivity index (χ1n) is 47.4. The predicted octanol–water partition coefficient (Wildman–Crippen LogP) is 25.8. The molecule has 0 saturated heterocycles. The molecule has 4 atom stereocenters. The highest BCUT2D eigenvalue weighted by molar-refractivity contribution is 5.81. The van der Waals surface area contributed by atoms with Crippen LogP contribution in [0.4, 0.5) is 0 Å². The van der Waals surface area contributed by atoms with Crippen LogP contribution in [0.25, 0.3) is 0 Å². The number of carbonyl (C=O) groups is 8. The number of hydrogen-bond acceptors (Lipinski definition) is 14. The van der Waals surface area contributed by atoms with Crippen molar-refractivity contribution >= 4 is 47.6 Å². The van der Waals surface area contributed by atoms with E-state index in [9.17, 15) is 38.4 Å². The van der Waals surface area contributed by atoms with E-state index in [1.807, 2.05) is 0 Å². The molecule has 2 amide bonds. The van der Waals surface area contributed by atoms with E-state index >= 15 is 0 Å². The van der Waals surface area contributed by atoms with Crippen LogP contribution in [-0.4, -0.2) is 100 Å². The first kappa shape index (κ1) is 106. The molecule has 0 aliphatic carbocycles. The molecule has 16 heteroatoms. The topological polar surface area (TPSA) is 216 Å². The quantitative estimate of drug-likeness (QED) is 0.0251. The van der Waals surface area contributed by atoms with E-state index in [4.69, 9.17) is 28.4 Å². The molecule has 0 bridgehead atoms. The third-order valence-corrected chi connectivity index (χ3v) is 22.7. The summed E-state index contributed by atoms with van der Waals surface area (Å²) in [6, 6.07) is 0. The molecule has 0 radical (unpaired) electrons. The zero-order chi connectivity index (χ0) is 81.0. The van der Waals surface area contributed by atoms with Gasteiger partial charge in [0.25, 0.3) is 0 Å². The van der Waals surface area contributed by atoms with Gasteiger partial charge in [-0.25, -0.2) is 4.79 Å². The Hall–Kier alpha value is -4.50. The highest BCUT2D eigenvalue weighted by Gasteiger charge is 2.23. The van der Waals surface area contributed by atoms with Crippen LogP contribution in [0, 0.1) is 23.7 Å². The summed E-state index contributed by atoms with van der Waals surface area (Å²) in [4.78, 5) is 96.0. The minimum Gasteiger partial charge on any atom is -0.466 e. The Morgan fingerprint density at radius 3 is 0.685 bits per heavy atom. The number of rotatable bonds is 88. The van der Waals surface area contributed by atoms with Crippen molar-refractivity contribution in [3.8, 4) is 0 Å². The maximum absolute atomic E-state index is 12.8. The Balaban J connectivity index is 4.78. The van der Waals surface area contributed by atoms with Gasteiger partial charge in [0.1, 0.15) is 26.4 Å². The van der Waals surface area contributed by atoms with Crippen LogP contribution >= 0.6 is 0 Å². The molecule has 0 aliphatic heterocycles.